The van der Waals surface area contributed by atoms with E-state index in [-0.39, 0.29) is 60.8 Å². The van der Waals surface area contributed by atoms with Crippen LogP contribution in [0.25, 0.3) is 0 Å². The molecule has 13 nitrogen and oxygen atoms in total. The summed E-state index contributed by atoms with van der Waals surface area (Å²) in [5.74, 6) is -1.24. The van der Waals surface area contributed by atoms with Gasteiger partial charge in [0.05, 0.1) is 42.8 Å². The molecule has 1 heterocycles. The van der Waals surface area contributed by atoms with Gasteiger partial charge in [-0.3, -0.25) is 28.9 Å². The van der Waals surface area contributed by atoms with Crippen LogP contribution in [0.3, 0.4) is 0 Å². The van der Waals surface area contributed by atoms with E-state index in [0.29, 0.717) is 12.5 Å². The third-order valence-electron chi connectivity index (χ3n) is 9.75. The number of carbonyl (C=O) groups excluding carboxylic acids is 5. The molecular weight excluding hydrogens is 688 g/mol. The Hall–Kier alpha value is -3.55. The Bertz CT molecular complexity index is 1160. The molecule has 0 radical (unpaired) electrons. The minimum Gasteiger partial charge on any atom is -0.379 e. The second-order valence-corrected chi connectivity index (χ2v) is 14.5. The summed E-state index contributed by atoms with van der Waals surface area (Å²) < 4.78 is 11.1. The summed E-state index contributed by atoms with van der Waals surface area (Å²) >= 11 is 0. The fourth-order valence-corrected chi connectivity index (χ4v) is 6.75. The topological polar surface area (TPSA) is 164 Å². The van der Waals surface area contributed by atoms with E-state index in [1.54, 1.807) is 49.1 Å². The number of likely N-dealkylation sites (N-methyl/N-ethyl adjacent to an activating group) is 2. The molecule has 4 N–H and O–H groups in total. The summed E-state index contributed by atoms with van der Waals surface area (Å²) in [5, 5.41) is 5.49. The van der Waals surface area contributed by atoms with E-state index in [1.807, 2.05) is 32.8 Å². The lowest BCUT2D eigenvalue weighted by Gasteiger charge is -2.37. The maximum absolute atomic E-state index is 12.7. The van der Waals surface area contributed by atoms with Crippen molar-refractivity contribution in [2.45, 2.75) is 130 Å². The van der Waals surface area contributed by atoms with Gasteiger partial charge in [-0.15, -0.1) is 0 Å². The minimum absolute atomic E-state index is 0.000790. The maximum atomic E-state index is 12.7. The highest BCUT2D eigenvalue weighted by Gasteiger charge is 2.38. The molecule has 1 rings (SSSR count). The molecule has 0 aliphatic carbocycles. The molecule has 0 aromatic heterocycles. The predicted molar refractivity (Wildman–Crippen MR) is 218 cm³/mol. The number of ether oxygens (including phenoxy) is 2. The Balaban J connectivity index is 0. The molecule has 0 aromatic rings. The Kier molecular flexibility index (Phi) is 28.1. The van der Waals surface area contributed by atoms with Crippen molar-refractivity contribution in [1.82, 2.24) is 25.3 Å². The number of hydrogen-bond donors (Lipinski definition) is 3. The van der Waals surface area contributed by atoms with E-state index < -0.39 is 24.0 Å². The standard InChI is InChI=1S/C19H29N3O4.C19H39N3O3.C3H8/c1-5-8-14(6-2)11-15(18(20)24)21-19(25)13(3)17(26-4)16-9-7-10-22(16)12-23;1-10-14(5)18(15(11-2)25-9)22(8)16(23)12-20-19(24)17(13(3)4)21(6)7;1-3-2/h5-6,8,12-13,15-17H,1-2,7,9-11H2,3-4H3,(H2,20,24)(H,21,25);13-15,17-18H,10-12H2,1-9H3,(H,20,24);3H2,1-2H3/b14-8+;;. The first kappa shape index (κ1) is 52.6. The number of nitrogens with zero attached hydrogens (tertiary/aromatic N) is 3. The van der Waals surface area contributed by atoms with Crippen molar-refractivity contribution in [3.63, 3.8) is 0 Å². The van der Waals surface area contributed by atoms with Crippen molar-refractivity contribution in [2.24, 2.45) is 23.5 Å². The van der Waals surface area contributed by atoms with Crippen LogP contribution in [0.15, 0.2) is 37.0 Å². The third kappa shape index (κ3) is 17.7. The van der Waals surface area contributed by atoms with E-state index in [4.69, 9.17) is 15.2 Å². The molecule has 0 bridgehead atoms. The SMILES string of the molecule is C=C/C=C(\C=C)CC(NC(=O)C(C)C(OC)C1CCCN1C=O)C(N)=O.CCC.CCC(C)C(C(CC)OC)N(C)C(=O)CNC(=O)C(C(C)C)N(C)C. The molecule has 0 saturated carbocycles. The lowest BCUT2D eigenvalue weighted by atomic mass is 9.91. The van der Waals surface area contributed by atoms with Gasteiger partial charge in [-0.1, -0.05) is 99.6 Å². The van der Waals surface area contributed by atoms with Crippen molar-refractivity contribution in [3.8, 4) is 0 Å². The summed E-state index contributed by atoms with van der Waals surface area (Å²) in [5.41, 5.74) is 6.17. The zero-order valence-corrected chi connectivity index (χ0v) is 35.9. The van der Waals surface area contributed by atoms with Gasteiger partial charge in [0.25, 0.3) is 0 Å². The van der Waals surface area contributed by atoms with E-state index in [2.05, 4.69) is 58.4 Å². The monoisotopic (exact) mass is 765 g/mol. The fourth-order valence-electron chi connectivity index (χ4n) is 6.75. The quantitative estimate of drug-likeness (QED) is 0.109. The molecule has 1 aliphatic heterocycles. The summed E-state index contributed by atoms with van der Waals surface area (Å²) in [4.78, 5) is 66.0. The molecule has 1 saturated heterocycles. The van der Waals surface area contributed by atoms with Crippen molar-refractivity contribution < 1.29 is 33.4 Å². The van der Waals surface area contributed by atoms with Crippen LogP contribution in [0, 0.1) is 17.8 Å². The maximum Gasteiger partial charge on any atom is 0.242 e. The highest BCUT2D eigenvalue weighted by molar-refractivity contribution is 5.88. The van der Waals surface area contributed by atoms with Crippen molar-refractivity contribution >= 4 is 30.0 Å². The molecular formula is C41H76N6O7. The second kappa shape index (κ2) is 28.8. The van der Waals surface area contributed by atoms with E-state index in [9.17, 15) is 24.0 Å². The highest BCUT2D eigenvalue weighted by Crippen LogP contribution is 2.25. The second-order valence-electron chi connectivity index (χ2n) is 14.5. The van der Waals surface area contributed by atoms with Crippen LogP contribution in [0.1, 0.15) is 93.9 Å². The van der Waals surface area contributed by atoms with Gasteiger partial charge in [-0.05, 0) is 50.8 Å². The van der Waals surface area contributed by atoms with Crippen molar-refractivity contribution in [3.05, 3.63) is 37.0 Å². The zero-order valence-electron chi connectivity index (χ0n) is 35.9. The van der Waals surface area contributed by atoms with Gasteiger partial charge >= 0.3 is 0 Å². The summed E-state index contributed by atoms with van der Waals surface area (Å²) in [6.45, 7) is 24.2. The van der Waals surface area contributed by atoms with Gasteiger partial charge < -0.3 is 35.6 Å². The lowest BCUT2D eigenvalue weighted by Crippen LogP contribution is -2.53. The minimum atomic E-state index is -0.864. The number of allylic oxidation sites excluding steroid dienone is 3. The van der Waals surface area contributed by atoms with Crippen LogP contribution in [0.4, 0.5) is 0 Å². The van der Waals surface area contributed by atoms with Gasteiger partial charge in [-0.2, -0.15) is 0 Å². The first-order chi connectivity index (χ1) is 25.4. The van der Waals surface area contributed by atoms with Gasteiger partial charge in [0.1, 0.15) is 6.04 Å². The van der Waals surface area contributed by atoms with Crippen LogP contribution < -0.4 is 16.4 Å². The van der Waals surface area contributed by atoms with Crippen LogP contribution in [-0.4, -0.2) is 130 Å². The number of amides is 5. The van der Waals surface area contributed by atoms with Crippen LogP contribution >= 0.6 is 0 Å². The van der Waals surface area contributed by atoms with Gasteiger partial charge in [-0.25, -0.2) is 0 Å². The normalized spacial score (nSPS) is 17.9. The number of primary amides is 1. The number of carbonyl (C=O) groups is 5. The molecule has 0 aromatic carbocycles. The zero-order chi connectivity index (χ0) is 42.1. The number of likely N-dealkylation sites (tertiary alicyclic amines) is 1. The Morgan fingerprint density at radius 2 is 1.56 bits per heavy atom. The summed E-state index contributed by atoms with van der Waals surface area (Å²) in [7, 11) is 8.76. The number of nitrogens with two attached hydrogens (primary N) is 1. The lowest BCUT2D eigenvalue weighted by molar-refractivity contribution is -0.138. The molecule has 0 spiro atoms. The third-order valence-corrected chi connectivity index (χ3v) is 9.75. The van der Waals surface area contributed by atoms with Gasteiger partial charge in [0, 0.05) is 34.2 Å². The van der Waals surface area contributed by atoms with Gasteiger partial charge in [0.2, 0.25) is 30.0 Å². The van der Waals surface area contributed by atoms with Crippen LogP contribution in [0.2, 0.25) is 0 Å². The van der Waals surface area contributed by atoms with E-state index in [0.717, 1.165) is 37.7 Å². The molecule has 1 aliphatic rings. The van der Waals surface area contributed by atoms with Crippen LogP contribution in [0.5, 0.6) is 0 Å². The molecule has 13 heteroatoms. The molecule has 5 amide bonds. The number of rotatable bonds is 22. The largest absolute Gasteiger partial charge is 0.379 e. The number of nitrogens with one attached hydrogen (secondary N) is 2. The first-order valence-corrected chi connectivity index (χ1v) is 19.4. The van der Waals surface area contributed by atoms with E-state index in [1.165, 1.54) is 13.5 Å². The average molecular weight is 765 g/mol. The molecule has 8 unspecified atom stereocenters. The average Bonchev–Trinajstić information content (AvgIpc) is 3.60. The highest BCUT2D eigenvalue weighted by atomic mass is 16.5. The summed E-state index contributed by atoms with van der Waals surface area (Å²) in [6.07, 6.45) is 10.1. The molecule has 312 valence electrons. The summed E-state index contributed by atoms with van der Waals surface area (Å²) in [6, 6.07) is -1.27. The number of methoxy groups -OCH3 is 2. The predicted octanol–water partition coefficient (Wildman–Crippen LogP) is 4.32. The fraction of sp³-hybridized carbons (Fsp3) is 0.732. The van der Waals surface area contributed by atoms with Crippen molar-refractivity contribution in [1.29, 1.82) is 0 Å². The Labute approximate surface area is 327 Å². The number of hydrogen-bond acceptors (Lipinski definition) is 8. The van der Waals surface area contributed by atoms with Crippen molar-refractivity contribution in [2.75, 3.05) is 48.5 Å². The molecule has 8 atom stereocenters. The first-order valence-electron chi connectivity index (χ1n) is 19.4. The van der Waals surface area contributed by atoms with Gasteiger partial charge in [0.15, 0.2) is 0 Å². The smallest absolute Gasteiger partial charge is 0.242 e. The Morgan fingerprint density at radius 3 is 1.96 bits per heavy atom. The van der Waals surface area contributed by atoms with Crippen LogP contribution in [-0.2, 0) is 33.4 Å². The van der Waals surface area contributed by atoms with E-state index >= 15 is 0 Å². The molecule has 54 heavy (non-hydrogen) atoms. The molecule has 1 fully saturated rings. The Morgan fingerprint density at radius 1 is 0.963 bits per heavy atom.